The summed E-state index contributed by atoms with van der Waals surface area (Å²) in [4.78, 5) is 11.5. The second kappa shape index (κ2) is 5.69. The summed E-state index contributed by atoms with van der Waals surface area (Å²) in [6.07, 6.45) is -4.86. The van der Waals surface area contributed by atoms with Gasteiger partial charge in [0, 0.05) is 12.1 Å². The van der Waals surface area contributed by atoms with Crippen molar-refractivity contribution in [1.82, 2.24) is 5.32 Å². The van der Waals surface area contributed by atoms with Gasteiger partial charge in [0.1, 0.15) is 5.82 Å². The van der Waals surface area contributed by atoms with Crippen LogP contribution >= 0.6 is 0 Å². The third kappa shape index (κ3) is 3.95. The van der Waals surface area contributed by atoms with Gasteiger partial charge in [-0.1, -0.05) is 0 Å². The zero-order valence-corrected chi connectivity index (χ0v) is 9.88. The molecule has 1 atom stereocenters. The van der Waals surface area contributed by atoms with Crippen LogP contribution in [-0.2, 0) is 6.18 Å². The van der Waals surface area contributed by atoms with E-state index in [1.807, 2.05) is 6.07 Å². The third-order valence-corrected chi connectivity index (χ3v) is 2.32. The van der Waals surface area contributed by atoms with Gasteiger partial charge in [-0.2, -0.15) is 18.4 Å². The Morgan fingerprint density at radius 2 is 2.11 bits per heavy atom. The lowest BCUT2D eigenvalue weighted by molar-refractivity contribution is -0.140. The predicted molar refractivity (Wildman–Crippen MR) is 58.5 cm³/mol. The Labute approximate surface area is 106 Å². The van der Waals surface area contributed by atoms with Crippen LogP contribution in [0.4, 0.5) is 17.6 Å². The van der Waals surface area contributed by atoms with Gasteiger partial charge in [0.25, 0.3) is 5.91 Å². The lowest BCUT2D eigenvalue weighted by atomic mass is 10.1. The SMILES string of the molecule is CC(C#N)CNC(=O)c1ccc(F)c(C(F)(F)F)c1. The molecule has 0 heterocycles. The molecule has 7 heteroatoms. The summed E-state index contributed by atoms with van der Waals surface area (Å²) in [6, 6.07) is 3.85. The van der Waals surface area contributed by atoms with Gasteiger partial charge in [0.05, 0.1) is 17.6 Å². The summed E-state index contributed by atoms with van der Waals surface area (Å²) >= 11 is 0. The van der Waals surface area contributed by atoms with E-state index in [1.165, 1.54) is 0 Å². The molecule has 1 amide bonds. The molecule has 0 saturated heterocycles. The van der Waals surface area contributed by atoms with Crippen LogP contribution in [0.25, 0.3) is 0 Å². The standard InChI is InChI=1S/C12H10F4N2O/c1-7(5-17)6-18-11(19)8-2-3-10(13)9(4-8)12(14,15)16/h2-4,7H,6H2,1H3,(H,18,19). The quantitative estimate of drug-likeness (QED) is 0.862. The van der Waals surface area contributed by atoms with Crippen molar-refractivity contribution in [2.75, 3.05) is 6.54 Å². The second-order valence-corrected chi connectivity index (χ2v) is 3.93. The highest BCUT2D eigenvalue weighted by Crippen LogP contribution is 2.31. The third-order valence-electron chi connectivity index (χ3n) is 2.32. The molecular weight excluding hydrogens is 264 g/mol. The number of hydrogen-bond acceptors (Lipinski definition) is 2. The summed E-state index contributed by atoms with van der Waals surface area (Å²) in [7, 11) is 0. The maximum absolute atomic E-state index is 13.0. The number of hydrogen-bond donors (Lipinski definition) is 1. The highest BCUT2D eigenvalue weighted by atomic mass is 19.4. The number of nitrogens with zero attached hydrogens (tertiary/aromatic N) is 1. The fourth-order valence-electron chi connectivity index (χ4n) is 1.28. The molecule has 0 spiro atoms. The monoisotopic (exact) mass is 274 g/mol. The van der Waals surface area contributed by atoms with Crippen molar-refractivity contribution in [2.24, 2.45) is 5.92 Å². The first kappa shape index (κ1) is 15.0. The second-order valence-electron chi connectivity index (χ2n) is 3.93. The minimum absolute atomic E-state index is 0.00800. The van der Waals surface area contributed by atoms with E-state index in [0.717, 1.165) is 6.07 Å². The molecule has 0 aliphatic heterocycles. The molecule has 1 aromatic carbocycles. The summed E-state index contributed by atoms with van der Waals surface area (Å²) in [6.45, 7) is 1.56. The molecule has 0 aromatic heterocycles. The first-order valence-electron chi connectivity index (χ1n) is 5.30. The number of carbonyl (C=O) groups excluding carboxylic acids is 1. The largest absolute Gasteiger partial charge is 0.419 e. The molecule has 19 heavy (non-hydrogen) atoms. The lowest BCUT2D eigenvalue weighted by Crippen LogP contribution is -2.28. The van der Waals surface area contributed by atoms with E-state index in [1.54, 1.807) is 6.92 Å². The average Bonchev–Trinajstić information content (AvgIpc) is 2.34. The van der Waals surface area contributed by atoms with E-state index in [9.17, 15) is 22.4 Å². The molecule has 1 rings (SSSR count). The highest BCUT2D eigenvalue weighted by molar-refractivity contribution is 5.94. The van der Waals surface area contributed by atoms with Crippen LogP contribution in [0, 0.1) is 23.1 Å². The van der Waals surface area contributed by atoms with Crippen LogP contribution in [0.5, 0.6) is 0 Å². The van der Waals surface area contributed by atoms with Crippen molar-refractivity contribution in [2.45, 2.75) is 13.1 Å². The number of amides is 1. The Morgan fingerprint density at radius 3 is 2.63 bits per heavy atom. The van der Waals surface area contributed by atoms with E-state index < -0.39 is 29.4 Å². The minimum atomic E-state index is -4.86. The zero-order chi connectivity index (χ0) is 14.6. The minimum Gasteiger partial charge on any atom is -0.351 e. The van der Waals surface area contributed by atoms with Crippen molar-refractivity contribution < 1.29 is 22.4 Å². The smallest absolute Gasteiger partial charge is 0.351 e. The summed E-state index contributed by atoms with van der Waals surface area (Å²) < 4.78 is 50.3. The fourth-order valence-corrected chi connectivity index (χ4v) is 1.28. The van der Waals surface area contributed by atoms with Crippen LogP contribution in [0.3, 0.4) is 0 Å². The molecule has 3 nitrogen and oxygen atoms in total. The fraction of sp³-hybridized carbons (Fsp3) is 0.333. The topological polar surface area (TPSA) is 52.9 Å². The Balaban J connectivity index is 2.91. The Bertz CT molecular complexity index is 519. The highest BCUT2D eigenvalue weighted by Gasteiger charge is 2.34. The van der Waals surface area contributed by atoms with Gasteiger partial charge < -0.3 is 5.32 Å². The van der Waals surface area contributed by atoms with E-state index >= 15 is 0 Å². The van der Waals surface area contributed by atoms with E-state index in [2.05, 4.69) is 5.32 Å². The van der Waals surface area contributed by atoms with Crippen LogP contribution in [0.1, 0.15) is 22.8 Å². The molecule has 0 saturated carbocycles. The van der Waals surface area contributed by atoms with E-state index in [-0.39, 0.29) is 12.1 Å². The van der Waals surface area contributed by atoms with Crippen LogP contribution in [-0.4, -0.2) is 12.5 Å². The van der Waals surface area contributed by atoms with Crippen molar-refractivity contribution in [3.63, 3.8) is 0 Å². The molecule has 102 valence electrons. The van der Waals surface area contributed by atoms with Gasteiger partial charge in [-0.15, -0.1) is 0 Å². The molecule has 0 bridgehead atoms. The van der Waals surface area contributed by atoms with Gasteiger partial charge in [0.15, 0.2) is 0 Å². The van der Waals surface area contributed by atoms with Gasteiger partial charge in [0.2, 0.25) is 0 Å². The number of benzene rings is 1. The predicted octanol–water partition coefficient (Wildman–Crippen LogP) is 2.73. The number of nitriles is 1. The number of alkyl halides is 3. The van der Waals surface area contributed by atoms with E-state index in [4.69, 9.17) is 5.26 Å². The number of nitrogens with one attached hydrogen (secondary N) is 1. The lowest BCUT2D eigenvalue weighted by Gasteiger charge is -2.10. The number of carbonyl (C=O) groups is 1. The Morgan fingerprint density at radius 1 is 1.47 bits per heavy atom. The molecule has 0 aliphatic rings. The summed E-state index contributed by atoms with van der Waals surface area (Å²) in [5.41, 5.74) is -1.80. The van der Waals surface area contributed by atoms with Crippen molar-refractivity contribution >= 4 is 5.91 Å². The molecule has 0 radical (unpaired) electrons. The summed E-state index contributed by atoms with van der Waals surface area (Å²) in [5, 5.41) is 10.8. The Hall–Kier alpha value is -2.10. The van der Waals surface area contributed by atoms with Crippen LogP contribution in [0.15, 0.2) is 18.2 Å². The molecule has 1 unspecified atom stereocenters. The Kier molecular flexibility index (Phi) is 4.48. The maximum Gasteiger partial charge on any atom is 0.419 e. The van der Waals surface area contributed by atoms with Gasteiger partial charge >= 0.3 is 6.18 Å². The van der Waals surface area contributed by atoms with Crippen molar-refractivity contribution in [3.05, 3.63) is 35.1 Å². The summed E-state index contributed by atoms with van der Waals surface area (Å²) in [5.74, 6) is -2.69. The maximum atomic E-state index is 13.0. The van der Waals surface area contributed by atoms with Crippen LogP contribution in [0.2, 0.25) is 0 Å². The molecule has 0 aliphatic carbocycles. The number of rotatable bonds is 3. The van der Waals surface area contributed by atoms with Crippen molar-refractivity contribution in [1.29, 1.82) is 5.26 Å². The van der Waals surface area contributed by atoms with Gasteiger partial charge in [-0.3, -0.25) is 4.79 Å². The molecule has 1 N–H and O–H groups in total. The normalized spacial score (nSPS) is 12.6. The van der Waals surface area contributed by atoms with Gasteiger partial charge in [-0.25, -0.2) is 4.39 Å². The first-order chi connectivity index (χ1) is 8.75. The van der Waals surface area contributed by atoms with E-state index in [0.29, 0.717) is 12.1 Å². The molecule has 1 aromatic rings. The molecular formula is C12H10F4N2O. The molecule has 0 fully saturated rings. The van der Waals surface area contributed by atoms with Crippen LogP contribution < -0.4 is 5.32 Å². The zero-order valence-electron chi connectivity index (χ0n) is 9.88. The number of halogens is 4. The van der Waals surface area contributed by atoms with Crippen molar-refractivity contribution in [3.8, 4) is 6.07 Å². The average molecular weight is 274 g/mol. The van der Waals surface area contributed by atoms with Gasteiger partial charge in [-0.05, 0) is 25.1 Å². The first-order valence-corrected chi connectivity index (χ1v) is 5.30.